The number of nitrogens with two attached hydrogens (primary N) is 2. The fourth-order valence-corrected chi connectivity index (χ4v) is 2.28. The van der Waals surface area contributed by atoms with Gasteiger partial charge in [0.25, 0.3) is 5.91 Å². The van der Waals surface area contributed by atoms with Gasteiger partial charge in [-0.15, -0.1) is 0 Å². The Morgan fingerprint density at radius 1 is 1.30 bits per heavy atom. The first-order valence-corrected chi connectivity index (χ1v) is 6.88. The Labute approximate surface area is 132 Å². The molecule has 0 radical (unpaired) electrons. The molecule has 0 atom stereocenters. The fourth-order valence-electron chi connectivity index (χ4n) is 2.28. The number of fused-ring (bicyclic) bond motifs is 1. The molecule has 2 aromatic carbocycles. The predicted octanol–water partition coefficient (Wildman–Crippen LogP) is 1.33. The van der Waals surface area contributed by atoms with E-state index in [2.05, 4.69) is 16.5 Å². The molecule has 7 heteroatoms. The average Bonchev–Trinajstić information content (AvgIpc) is 2.94. The van der Waals surface area contributed by atoms with E-state index in [0.717, 1.165) is 5.56 Å². The van der Waals surface area contributed by atoms with Crippen molar-refractivity contribution in [1.29, 1.82) is 5.26 Å². The SMILES string of the molecule is N#Cc1ccc(CNn2cnc3cc(N)c(C(N)=O)cc32)cc1. The van der Waals surface area contributed by atoms with Gasteiger partial charge in [-0.1, -0.05) is 12.1 Å². The molecule has 0 unspecified atom stereocenters. The number of rotatable bonds is 4. The van der Waals surface area contributed by atoms with Crippen molar-refractivity contribution < 1.29 is 4.79 Å². The number of carbonyl (C=O) groups is 1. The van der Waals surface area contributed by atoms with Gasteiger partial charge in [-0.05, 0) is 29.8 Å². The van der Waals surface area contributed by atoms with Crippen LogP contribution in [0.5, 0.6) is 0 Å². The zero-order valence-electron chi connectivity index (χ0n) is 12.2. The molecule has 1 aromatic heterocycles. The zero-order valence-corrected chi connectivity index (χ0v) is 12.2. The van der Waals surface area contributed by atoms with Gasteiger partial charge < -0.3 is 16.9 Å². The van der Waals surface area contributed by atoms with Crippen molar-refractivity contribution >= 4 is 22.6 Å². The maximum atomic E-state index is 11.4. The summed E-state index contributed by atoms with van der Waals surface area (Å²) in [5.74, 6) is -0.579. The number of anilines is 1. The van der Waals surface area contributed by atoms with E-state index in [9.17, 15) is 4.79 Å². The average molecular weight is 306 g/mol. The summed E-state index contributed by atoms with van der Waals surface area (Å²) in [5, 5.41) is 8.79. The fraction of sp³-hybridized carbons (Fsp3) is 0.0625. The molecule has 0 aliphatic carbocycles. The molecule has 1 amide bonds. The minimum Gasteiger partial charge on any atom is -0.398 e. The number of carbonyl (C=O) groups excluding carboxylic acids is 1. The highest BCUT2D eigenvalue weighted by atomic mass is 16.1. The van der Waals surface area contributed by atoms with Crippen LogP contribution in [0, 0.1) is 11.3 Å². The van der Waals surface area contributed by atoms with Gasteiger partial charge in [0.15, 0.2) is 0 Å². The normalized spacial score (nSPS) is 10.4. The molecule has 1 heterocycles. The molecule has 23 heavy (non-hydrogen) atoms. The Hall–Kier alpha value is -3.53. The summed E-state index contributed by atoms with van der Waals surface area (Å²) >= 11 is 0. The number of benzene rings is 2. The van der Waals surface area contributed by atoms with E-state index in [1.807, 2.05) is 12.1 Å². The minimum absolute atomic E-state index is 0.263. The number of amides is 1. The van der Waals surface area contributed by atoms with E-state index >= 15 is 0 Å². The number of nitrogen functional groups attached to an aromatic ring is 1. The minimum atomic E-state index is -0.579. The van der Waals surface area contributed by atoms with Crippen LogP contribution >= 0.6 is 0 Å². The highest BCUT2D eigenvalue weighted by molar-refractivity contribution is 6.01. The Bertz CT molecular complexity index is 920. The van der Waals surface area contributed by atoms with Crippen molar-refractivity contribution in [3.63, 3.8) is 0 Å². The second kappa shape index (κ2) is 5.69. The topological polar surface area (TPSA) is 123 Å². The number of nitriles is 1. The van der Waals surface area contributed by atoms with E-state index in [-0.39, 0.29) is 5.56 Å². The van der Waals surface area contributed by atoms with Crippen molar-refractivity contribution in [3.05, 3.63) is 59.4 Å². The van der Waals surface area contributed by atoms with Gasteiger partial charge in [0.2, 0.25) is 0 Å². The molecule has 0 fully saturated rings. The van der Waals surface area contributed by atoms with Crippen molar-refractivity contribution in [2.75, 3.05) is 11.2 Å². The van der Waals surface area contributed by atoms with Crippen LogP contribution in [0.25, 0.3) is 11.0 Å². The third kappa shape index (κ3) is 2.78. The number of aromatic nitrogens is 2. The van der Waals surface area contributed by atoms with Crippen molar-refractivity contribution in [3.8, 4) is 6.07 Å². The smallest absolute Gasteiger partial charge is 0.250 e. The van der Waals surface area contributed by atoms with Crippen LogP contribution in [0.3, 0.4) is 0 Å². The van der Waals surface area contributed by atoms with Gasteiger partial charge in [0.1, 0.15) is 6.33 Å². The molecule has 114 valence electrons. The highest BCUT2D eigenvalue weighted by Crippen LogP contribution is 2.20. The third-order valence-electron chi connectivity index (χ3n) is 3.52. The van der Waals surface area contributed by atoms with Crippen LogP contribution in [0.1, 0.15) is 21.5 Å². The molecule has 0 saturated heterocycles. The Balaban J connectivity index is 1.86. The summed E-state index contributed by atoms with van der Waals surface area (Å²) in [6.45, 7) is 0.535. The summed E-state index contributed by atoms with van der Waals surface area (Å²) in [7, 11) is 0. The van der Waals surface area contributed by atoms with Crippen molar-refractivity contribution in [1.82, 2.24) is 9.66 Å². The van der Waals surface area contributed by atoms with E-state index in [1.54, 1.807) is 35.3 Å². The Morgan fingerprint density at radius 3 is 2.70 bits per heavy atom. The molecule has 0 spiro atoms. The van der Waals surface area contributed by atoms with Crippen LogP contribution in [0.4, 0.5) is 5.69 Å². The zero-order chi connectivity index (χ0) is 16.4. The van der Waals surface area contributed by atoms with Gasteiger partial charge >= 0.3 is 0 Å². The summed E-state index contributed by atoms with van der Waals surface area (Å²) in [4.78, 5) is 15.6. The standard InChI is InChI=1S/C16H14N6O/c17-7-10-1-3-11(4-2-10)8-21-22-9-20-14-6-13(18)12(16(19)23)5-15(14)22/h1-6,9,21H,8,18H2,(H2,19,23). The van der Waals surface area contributed by atoms with Gasteiger partial charge in [-0.2, -0.15) is 5.26 Å². The number of primary amides is 1. The van der Waals surface area contributed by atoms with Crippen LogP contribution in [0.2, 0.25) is 0 Å². The molecule has 3 rings (SSSR count). The summed E-state index contributed by atoms with van der Waals surface area (Å²) in [6, 6.07) is 12.6. The van der Waals surface area contributed by atoms with E-state index in [1.165, 1.54) is 0 Å². The first-order chi connectivity index (χ1) is 11.1. The number of hydrogen-bond acceptors (Lipinski definition) is 5. The van der Waals surface area contributed by atoms with Crippen LogP contribution < -0.4 is 16.9 Å². The monoisotopic (exact) mass is 306 g/mol. The lowest BCUT2D eigenvalue weighted by Crippen LogP contribution is -2.15. The highest BCUT2D eigenvalue weighted by Gasteiger charge is 2.11. The number of nitrogens with one attached hydrogen (secondary N) is 1. The Morgan fingerprint density at radius 2 is 2.04 bits per heavy atom. The molecule has 0 saturated carbocycles. The number of nitrogens with zero attached hydrogens (tertiary/aromatic N) is 3. The van der Waals surface area contributed by atoms with Gasteiger partial charge in [0.05, 0.1) is 34.8 Å². The van der Waals surface area contributed by atoms with Crippen LogP contribution in [-0.4, -0.2) is 15.6 Å². The van der Waals surface area contributed by atoms with E-state index in [0.29, 0.717) is 28.8 Å². The van der Waals surface area contributed by atoms with Gasteiger partial charge in [0, 0.05) is 5.69 Å². The number of hydrogen-bond donors (Lipinski definition) is 3. The lowest BCUT2D eigenvalue weighted by atomic mass is 10.1. The summed E-state index contributed by atoms with van der Waals surface area (Å²) in [6.07, 6.45) is 1.61. The molecule has 0 aliphatic rings. The molecule has 7 nitrogen and oxygen atoms in total. The second-order valence-electron chi connectivity index (χ2n) is 5.05. The molecule has 0 aliphatic heterocycles. The summed E-state index contributed by atoms with van der Waals surface area (Å²) < 4.78 is 1.71. The van der Waals surface area contributed by atoms with E-state index < -0.39 is 5.91 Å². The molecule has 0 bridgehead atoms. The maximum absolute atomic E-state index is 11.4. The quantitative estimate of drug-likeness (QED) is 0.627. The number of imidazole rings is 1. The van der Waals surface area contributed by atoms with Gasteiger partial charge in [-0.25, -0.2) is 9.66 Å². The van der Waals surface area contributed by atoms with Crippen LogP contribution in [0.15, 0.2) is 42.7 Å². The summed E-state index contributed by atoms with van der Waals surface area (Å²) in [5.41, 5.74) is 17.9. The largest absolute Gasteiger partial charge is 0.398 e. The lowest BCUT2D eigenvalue weighted by Gasteiger charge is -2.09. The van der Waals surface area contributed by atoms with E-state index in [4.69, 9.17) is 16.7 Å². The molecule has 3 aromatic rings. The van der Waals surface area contributed by atoms with Crippen LogP contribution in [-0.2, 0) is 6.54 Å². The maximum Gasteiger partial charge on any atom is 0.250 e. The second-order valence-corrected chi connectivity index (χ2v) is 5.05. The predicted molar refractivity (Wildman–Crippen MR) is 86.9 cm³/mol. The molecular weight excluding hydrogens is 292 g/mol. The molecule has 5 N–H and O–H groups in total. The Kier molecular flexibility index (Phi) is 3.57. The van der Waals surface area contributed by atoms with Crippen molar-refractivity contribution in [2.24, 2.45) is 5.73 Å². The first kappa shape index (κ1) is 14.4. The lowest BCUT2D eigenvalue weighted by molar-refractivity contribution is 0.100. The van der Waals surface area contributed by atoms with Crippen molar-refractivity contribution in [2.45, 2.75) is 6.54 Å². The first-order valence-electron chi connectivity index (χ1n) is 6.88. The third-order valence-corrected chi connectivity index (χ3v) is 3.52. The van der Waals surface area contributed by atoms with Gasteiger partial charge in [-0.3, -0.25) is 4.79 Å². The molecular formula is C16H14N6O.